The normalized spacial score (nSPS) is 10.1. The molecule has 3 N–H and O–H groups in total. The number of carbonyl (C=O) groups is 1. The number of rotatable bonds is 4. The monoisotopic (exact) mass is 274 g/mol. The first-order chi connectivity index (χ1) is 9.61. The smallest absolute Gasteiger partial charge is 0.340 e. The number of carbonyl (C=O) groups excluding carboxylic acids is 1. The number of benzene rings is 2. The van der Waals surface area contributed by atoms with Crippen molar-refractivity contribution in [3.05, 3.63) is 59.4 Å². The molecule has 0 radical (unpaired) electrons. The number of hydrogen-bond donors (Lipinski definition) is 2. The number of methoxy groups -OCH3 is 1. The highest BCUT2D eigenvalue weighted by Crippen LogP contribution is 2.21. The zero-order valence-corrected chi connectivity index (χ0v) is 11.0. The Kier molecular flexibility index (Phi) is 4.20. The Morgan fingerprint density at radius 3 is 2.75 bits per heavy atom. The molecule has 0 aromatic heterocycles. The Balaban J connectivity index is 2.21. The molecule has 4 nitrogen and oxygen atoms in total. The van der Waals surface area contributed by atoms with Crippen molar-refractivity contribution in [2.45, 2.75) is 6.54 Å². The lowest BCUT2D eigenvalue weighted by atomic mass is 10.1. The topological polar surface area (TPSA) is 64.3 Å². The van der Waals surface area contributed by atoms with Gasteiger partial charge in [-0.15, -0.1) is 0 Å². The van der Waals surface area contributed by atoms with Crippen molar-refractivity contribution in [2.24, 2.45) is 0 Å². The van der Waals surface area contributed by atoms with Gasteiger partial charge in [0.2, 0.25) is 0 Å². The molecule has 0 aliphatic heterocycles. The zero-order chi connectivity index (χ0) is 14.5. The van der Waals surface area contributed by atoms with E-state index < -0.39 is 5.97 Å². The summed E-state index contributed by atoms with van der Waals surface area (Å²) in [4.78, 5) is 11.7. The Morgan fingerprint density at radius 2 is 2.05 bits per heavy atom. The molecule has 20 heavy (non-hydrogen) atoms. The standard InChI is InChI=1S/C15H15FN2O2/c1-20-15(19)12-8-11(17)6-7-14(12)18-9-10-4-2-3-5-13(10)16/h2-8,18H,9,17H2,1H3. The van der Waals surface area contributed by atoms with Crippen LogP contribution >= 0.6 is 0 Å². The Hall–Kier alpha value is -2.56. The summed E-state index contributed by atoms with van der Waals surface area (Å²) in [7, 11) is 1.30. The fourth-order valence-corrected chi connectivity index (χ4v) is 1.83. The van der Waals surface area contributed by atoms with E-state index >= 15 is 0 Å². The van der Waals surface area contributed by atoms with Crippen LogP contribution in [0.2, 0.25) is 0 Å². The van der Waals surface area contributed by atoms with E-state index in [1.807, 2.05) is 0 Å². The van der Waals surface area contributed by atoms with E-state index in [-0.39, 0.29) is 12.4 Å². The number of nitrogens with one attached hydrogen (secondary N) is 1. The second-order valence-corrected chi connectivity index (χ2v) is 4.24. The van der Waals surface area contributed by atoms with E-state index in [1.54, 1.807) is 30.3 Å². The van der Waals surface area contributed by atoms with Gasteiger partial charge in [-0.1, -0.05) is 18.2 Å². The maximum atomic E-state index is 13.5. The lowest BCUT2D eigenvalue weighted by molar-refractivity contribution is 0.0602. The fourth-order valence-electron chi connectivity index (χ4n) is 1.83. The molecule has 0 bridgehead atoms. The molecule has 0 aliphatic carbocycles. The molecule has 0 saturated carbocycles. The number of halogens is 1. The molecule has 0 fully saturated rings. The summed E-state index contributed by atoms with van der Waals surface area (Å²) in [6.07, 6.45) is 0. The second-order valence-electron chi connectivity index (χ2n) is 4.24. The summed E-state index contributed by atoms with van der Waals surface area (Å²) >= 11 is 0. The zero-order valence-electron chi connectivity index (χ0n) is 11.0. The first-order valence-electron chi connectivity index (χ1n) is 6.07. The molecule has 0 atom stereocenters. The summed E-state index contributed by atoms with van der Waals surface area (Å²) < 4.78 is 18.2. The molecule has 0 spiro atoms. The van der Waals surface area contributed by atoms with E-state index in [4.69, 9.17) is 10.5 Å². The van der Waals surface area contributed by atoms with Crippen molar-refractivity contribution in [1.29, 1.82) is 0 Å². The van der Waals surface area contributed by atoms with Gasteiger partial charge in [-0.3, -0.25) is 0 Å². The van der Waals surface area contributed by atoms with E-state index in [0.717, 1.165) is 0 Å². The summed E-state index contributed by atoms with van der Waals surface area (Å²) in [6.45, 7) is 0.264. The highest BCUT2D eigenvalue weighted by Gasteiger charge is 2.12. The van der Waals surface area contributed by atoms with Crippen LogP contribution in [0.15, 0.2) is 42.5 Å². The van der Waals surface area contributed by atoms with E-state index in [0.29, 0.717) is 22.5 Å². The van der Waals surface area contributed by atoms with E-state index in [9.17, 15) is 9.18 Å². The minimum atomic E-state index is -0.492. The largest absolute Gasteiger partial charge is 0.465 e. The molecule has 0 aliphatic rings. The molecular formula is C15H15FN2O2. The molecule has 104 valence electrons. The van der Waals surface area contributed by atoms with Crippen LogP contribution in [0.3, 0.4) is 0 Å². The summed E-state index contributed by atoms with van der Waals surface area (Å²) in [5, 5.41) is 3.02. The third kappa shape index (κ3) is 3.06. The molecule has 0 saturated heterocycles. The van der Waals surface area contributed by atoms with Gasteiger partial charge in [-0.25, -0.2) is 9.18 Å². The molecule has 5 heteroatoms. The van der Waals surface area contributed by atoms with Gasteiger partial charge in [-0.2, -0.15) is 0 Å². The quantitative estimate of drug-likeness (QED) is 0.664. The molecule has 0 amide bonds. The predicted molar refractivity (Wildman–Crippen MR) is 75.9 cm³/mol. The van der Waals surface area contributed by atoms with Gasteiger partial charge >= 0.3 is 5.97 Å². The van der Waals surface area contributed by atoms with Crippen molar-refractivity contribution >= 4 is 17.3 Å². The van der Waals surface area contributed by atoms with Gasteiger partial charge in [0.25, 0.3) is 0 Å². The number of esters is 1. The maximum Gasteiger partial charge on any atom is 0.340 e. The van der Waals surface area contributed by atoms with Gasteiger partial charge in [-0.05, 0) is 24.3 Å². The molecule has 0 unspecified atom stereocenters. The first kappa shape index (κ1) is 13.9. The van der Waals surface area contributed by atoms with Crippen LogP contribution in [-0.2, 0) is 11.3 Å². The minimum Gasteiger partial charge on any atom is -0.465 e. The van der Waals surface area contributed by atoms with Crippen molar-refractivity contribution in [2.75, 3.05) is 18.2 Å². The molecule has 2 rings (SSSR count). The van der Waals surface area contributed by atoms with E-state index in [1.165, 1.54) is 19.2 Å². The number of hydrogen-bond acceptors (Lipinski definition) is 4. The van der Waals surface area contributed by atoms with Crippen molar-refractivity contribution in [1.82, 2.24) is 0 Å². The lowest BCUT2D eigenvalue weighted by Crippen LogP contribution is -2.09. The second kappa shape index (κ2) is 6.06. The van der Waals surface area contributed by atoms with Crippen molar-refractivity contribution in [3.63, 3.8) is 0 Å². The van der Waals surface area contributed by atoms with Gasteiger partial charge in [0.15, 0.2) is 0 Å². The van der Waals surface area contributed by atoms with Crippen molar-refractivity contribution in [3.8, 4) is 0 Å². The number of ether oxygens (including phenoxy) is 1. The molecule has 2 aromatic carbocycles. The van der Waals surface area contributed by atoms with Gasteiger partial charge in [0, 0.05) is 23.5 Å². The lowest BCUT2D eigenvalue weighted by Gasteiger charge is -2.12. The SMILES string of the molecule is COC(=O)c1cc(N)ccc1NCc1ccccc1F. The molecule has 2 aromatic rings. The van der Waals surface area contributed by atoms with Gasteiger partial charge in [0.1, 0.15) is 5.82 Å². The fraction of sp³-hybridized carbons (Fsp3) is 0.133. The Morgan fingerprint density at radius 1 is 1.30 bits per heavy atom. The maximum absolute atomic E-state index is 13.5. The number of anilines is 2. The average molecular weight is 274 g/mol. The summed E-state index contributed by atoms with van der Waals surface area (Å²) in [5.74, 6) is -0.789. The first-order valence-corrected chi connectivity index (χ1v) is 6.07. The van der Waals surface area contributed by atoms with Crippen molar-refractivity contribution < 1.29 is 13.9 Å². The highest BCUT2D eigenvalue weighted by molar-refractivity contribution is 5.96. The number of nitrogen functional groups attached to an aromatic ring is 1. The Bertz CT molecular complexity index is 629. The summed E-state index contributed by atoms with van der Waals surface area (Å²) in [5.41, 5.74) is 7.50. The van der Waals surface area contributed by atoms with Crippen LogP contribution in [0.5, 0.6) is 0 Å². The Labute approximate surface area is 116 Å². The number of nitrogens with two attached hydrogens (primary N) is 1. The van der Waals surface area contributed by atoms with Crippen LogP contribution in [-0.4, -0.2) is 13.1 Å². The van der Waals surface area contributed by atoms with Crippen LogP contribution in [0.25, 0.3) is 0 Å². The van der Waals surface area contributed by atoms with Crippen LogP contribution in [0, 0.1) is 5.82 Å². The third-order valence-electron chi connectivity index (χ3n) is 2.88. The molecular weight excluding hydrogens is 259 g/mol. The highest BCUT2D eigenvalue weighted by atomic mass is 19.1. The van der Waals surface area contributed by atoms with Crippen LogP contribution in [0.4, 0.5) is 15.8 Å². The third-order valence-corrected chi connectivity index (χ3v) is 2.88. The molecule has 0 heterocycles. The predicted octanol–water partition coefficient (Wildman–Crippen LogP) is 2.81. The van der Waals surface area contributed by atoms with Crippen LogP contribution in [0.1, 0.15) is 15.9 Å². The minimum absolute atomic E-state index is 0.264. The van der Waals surface area contributed by atoms with Crippen LogP contribution < -0.4 is 11.1 Å². The van der Waals surface area contributed by atoms with Gasteiger partial charge in [0.05, 0.1) is 12.7 Å². The average Bonchev–Trinajstić information content (AvgIpc) is 2.46. The summed E-state index contributed by atoms with van der Waals surface area (Å²) in [6, 6.07) is 11.3. The van der Waals surface area contributed by atoms with Gasteiger partial charge < -0.3 is 15.8 Å². The van der Waals surface area contributed by atoms with E-state index in [2.05, 4.69) is 5.32 Å².